The molecule has 2 nitrogen and oxygen atoms in total. The number of nitrogens with one attached hydrogen (secondary N) is 1. The number of likely N-dealkylation sites (N-methyl/N-ethyl adjacent to an activating group) is 1. The van der Waals surface area contributed by atoms with Crippen LogP contribution in [0.5, 0.6) is 0 Å². The van der Waals surface area contributed by atoms with E-state index in [2.05, 4.69) is 48.3 Å². The zero-order valence-electron chi connectivity index (χ0n) is 13.9. The summed E-state index contributed by atoms with van der Waals surface area (Å²) in [5.74, 6) is -0.180. The van der Waals surface area contributed by atoms with Crippen LogP contribution in [0.1, 0.15) is 36.6 Å². The predicted octanol–water partition coefficient (Wildman–Crippen LogP) is 3.92. The van der Waals surface area contributed by atoms with Gasteiger partial charge in [0.2, 0.25) is 0 Å². The van der Waals surface area contributed by atoms with E-state index < -0.39 is 0 Å². The highest BCUT2D eigenvalue weighted by atomic mass is 19.1. The molecule has 0 radical (unpaired) electrons. The lowest BCUT2D eigenvalue weighted by molar-refractivity contribution is 0.182. The van der Waals surface area contributed by atoms with Gasteiger partial charge in [0, 0.05) is 18.6 Å². The third kappa shape index (κ3) is 3.46. The Balaban J connectivity index is 1.79. The molecule has 0 heterocycles. The van der Waals surface area contributed by atoms with Crippen LogP contribution in [0.4, 0.5) is 4.39 Å². The molecular formula is C20H25FN2. The Bertz CT molecular complexity index is 634. The molecule has 1 aliphatic carbocycles. The van der Waals surface area contributed by atoms with Crippen molar-refractivity contribution in [3.05, 3.63) is 71.0 Å². The van der Waals surface area contributed by atoms with Crippen molar-refractivity contribution in [1.29, 1.82) is 0 Å². The monoisotopic (exact) mass is 312 g/mol. The molecule has 0 bridgehead atoms. The summed E-state index contributed by atoms with van der Waals surface area (Å²) in [5.41, 5.74) is 3.97. The Labute approximate surface area is 138 Å². The van der Waals surface area contributed by atoms with E-state index in [0.717, 1.165) is 31.6 Å². The molecule has 0 spiro atoms. The predicted molar refractivity (Wildman–Crippen MR) is 92.8 cm³/mol. The normalized spacial score (nSPS) is 20.0. The van der Waals surface area contributed by atoms with E-state index >= 15 is 0 Å². The third-order valence-corrected chi connectivity index (χ3v) is 4.92. The third-order valence-electron chi connectivity index (χ3n) is 4.92. The van der Waals surface area contributed by atoms with Crippen LogP contribution in [-0.2, 0) is 13.0 Å². The summed E-state index contributed by atoms with van der Waals surface area (Å²) in [4.78, 5) is 2.53. The molecule has 3 heteroatoms. The van der Waals surface area contributed by atoms with E-state index in [1.807, 2.05) is 12.1 Å². The van der Waals surface area contributed by atoms with Gasteiger partial charge in [-0.1, -0.05) is 50.2 Å². The summed E-state index contributed by atoms with van der Waals surface area (Å²) in [7, 11) is 0. The van der Waals surface area contributed by atoms with Gasteiger partial charge in [0.25, 0.3) is 0 Å². The molecular weight excluding hydrogens is 287 g/mol. The molecule has 1 aliphatic rings. The van der Waals surface area contributed by atoms with Crippen molar-refractivity contribution in [2.45, 2.75) is 38.9 Å². The quantitative estimate of drug-likeness (QED) is 0.869. The van der Waals surface area contributed by atoms with E-state index in [9.17, 15) is 4.39 Å². The van der Waals surface area contributed by atoms with Gasteiger partial charge >= 0.3 is 0 Å². The molecule has 2 atom stereocenters. The second-order valence-corrected chi connectivity index (χ2v) is 6.18. The van der Waals surface area contributed by atoms with Gasteiger partial charge in [-0.2, -0.15) is 0 Å². The lowest BCUT2D eigenvalue weighted by atomic mass is 10.1. The van der Waals surface area contributed by atoms with Crippen LogP contribution in [0.25, 0.3) is 0 Å². The lowest BCUT2D eigenvalue weighted by Crippen LogP contribution is -2.42. The maximum atomic E-state index is 13.1. The van der Waals surface area contributed by atoms with Gasteiger partial charge in [0.1, 0.15) is 5.82 Å². The maximum absolute atomic E-state index is 13.1. The fourth-order valence-corrected chi connectivity index (χ4v) is 3.68. The van der Waals surface area contributed by atoms with E-state index in [1.165, 1.54) is 23.3 Å². The highest BCUT2D eigenvalue weighted by Crippen LogP contribution is 2.34. The zero-order valence-corrected chi connectivity index (χ0v) is 13.9. The van der Waals surface area contributed by atoms with Gasteiger partial charge in [0.05, 0.1) is 0 Å². The lowest BCUT2D eigenvalue weighted by Gasteiger charge is -2.32. The first-order valence-corrected chi connectivity index (χ1v) is 8.52. The highest BCUT2D eigenvalue weighted by molar-refractivity contribution is 5.37. The maximum Gasteiger partial charge on any atom is 0.123 e. The van der Waals surface area contributed by atoms with Gasteiger partial charge < -0.3 is 5.32 Å². The van der Waals surface area contributed by atoms with Crippen LogP contribution < -0.4 is 5.32 Å². The molecule has 23 heavy (non-hydrogen) atoms. The largest absolute Gasteiger partial charge is 0.304 e. The second kappa shape index (κ2) is 7.24. The van der Waals surface area contributed by atoms with Crippen LogP contribution in [0.3, 0.4) is 0 Å². The number of hydrogen-bond acceptors (Lipinski definition) is 2. The summed E-state index contributed by atoms with van der Waals surface area (Å²) in [6.45, 7) is 7.33. The summed E-state index contributed by atoms with van der Waals surface area (Å²) in [6.07, 6.45) is 1.10. The first kappa shape index (κ1) is 16.2. The number of rotatable bonds is 6. The Morgan fingerprint density at radius 3 is 2.43 bits per heavy atom. The SMILES string of the molecule is CCN(CC)C1Cc2ccccc2C1NCc1ccc(F)cc1. The molecule has 0 saturated carbocycles. The molecule has 0 saturated heterocycles. The van der Waals surface area contributed by atoms with Crippen molar-refractivity contribution in [3.63, 3.8) is 0 Å². The molecule has 0 amide bonds. The number of nitrogens with zero attached hydrogens (tertiary/aromatic N) is 1. The number of hydrogen-bond donors (Lipinski definition) is 1. The minimum Gasteiger partial charge on any atom is -0.304 e. The number of fused-ring (bicyclic) bond motifs is 1. The Hall–Kier alpha value is -1.71. The van der Waals surface area contributed by atoms with E-state index in [0.29, 0.717) is 12.1 Å². The Kier molecular flexibility index (Phi) is 5.09. The van der Waals surface area contributed by atoms with Gasteiger partial charge in [-0.25, -0.2) is 4.39 Å². The molecule has 2 aromatic carbocycles. The van der Waals surface area contributed by atoms with Crippen molar-refractivity contribution in [1.82, 2.24) is 10.2 Å². The van der Waals surface area contributed by atoms with Crippen molar-refractivity contribution in [3.8, 4) is 0 Å². The first-order valence-electron chi connectivity index (χ1n) is 8.52. The molecule has 122 valence electrons. The van der Waals surface area contributed by atoms with Crippen molar-refractivity contribution in [2.24, 2.45) is 0 Å². The summed E-state index contributed by atoms with van der Waals surface area (Å²) in [5, 5.41) is 3.71. The first-order chi connectivity index (χ1) is 11.2. The van der Waals surface area contributed by atoms with Gasteiger partial charge in [-0.3, -0.25) is 4.90 Å². The van der Waals surface area contributed by atoms with Crippen LogP contribution >= 0.6 is 0 Å². The summed E-state index contributed by atoms with van der Waals surface area (Å²) >= 11 is 0. The highest BCUT2D eigenvalue weighted by Gasteiger charge is 2.34. The zero-order chi connectivity index (χ0) is 16.2. The average Bonchev–Trinajstić information content (AvgIpc) is 2.94. The van der Waals surface area contributed by atoms with Crippen LogP contribution in [0, 0.1) is 5.82 Å². The standard InChI is InChI=1S/C20H25FN2/c1-3-23(4-2)19-13-16-7-5-6-8-18(16)20(19)22-14-15-9-11-17(21)12-10-15/h5-12,19-20,22H,3-4,13-14H2,1-2H3. The molecule has 0 aromatic heterocycles. The van der Waals surface area contributed by atoms with Crippen LogP contribution in [0.15, 0.2) is 48.5 Å². The molecule has 2 unspecified atom stereocenters. The van der Waals surface area contributed by atoms with Gasteiger partial charge in [-0.15, -0.1) is 0 Å². The minimum absolute atomic E-state index is 0.180. The topological polar surface area (TPSA) is 15.3 Å². The van der Waals surface area contributed by atoms with Gasteiger partial charge in [0.15, 0.2) is 0 Å². The van der Waals surface area contributed by atoms with E-state index in [1.54, 1.807) is 0 Å². The van der Waals surface area contributed by atoms with Crippen molar-refractivity contribution < 1.29 is 4.39 Å². The second-order valence-electron chi connectivity index (χ2n) is 6.18. The molecule has 0 fully saturated rings. The summed E-state index contributed by atoms with van der Waals surface area (Å²) < 4.78 is 13.1. The van der Waals surface area contributed by atoms with Crippen molar-refractivity contribution in [2.75, 3.05) is 13.1 Å². The molecule has 0 aliphatic heterocycles. The van der Waals surface area contributed by atoms with Crippen LogP contribution in [0.2, 0.25) is 0 Å². The van der Waals surface area contributed by atoms with Gasteiger partial charge in [-0.05, 0) is 48.3 Å². The van der Waals surface area contributed by atoms with E-state index in [4.69, 9.17) is 0 Å². The van der Waals surface area contributed by atoms with E-state index in [-0.39, 0.29) is 5.82 Å². The fourth-order valence-electron chi connectivity index (χ4n) is 3.68. The molecule has 3 rings (SSSR count). The average molecular weight is 312 g/mol. The smallest absolute Gasteiger partial charge is 0.123 e. The fraction of sp³-hybridized carbons (Fsp3) is 0.400. The van der Waals surface area contributed by atoms with Crippen LogP contribution in [-0.4, -0.2) is 24.0 Å². The summed E-state index contributed by atoms with van der Waals surface area (Å²) in [6, 6.07) is 16.3. The number of benzene rings is 2. The van der Waals surface area contributed by atoms with Crippen molar-refractivity contribution >= 4 is 0 Å². The number of halogens is 1. The Morgan fingerprint density at radius 1 is 1.04 bits per heavy atom. The Morgan fingerprint density at radius 2 is 1.74 bits per heavy atom. The minimum atomic E-state index is -0.180. The molecule has 1 N–H and O–H groups in total. The molecule has 2 aromatic rings.